The fraction of sp³-hybridized carbons (Fsp3) is 0.417. The number of hydrogen-bond acceptors (Lipinski definition) is 4. The summed E-state index contributed by atoms with van der Waals surface area (Å²) in [5, 5.41) is 10.5. The highest BCUT2D eigenvalue weighted by Crippen LogP contribution is 2.28. The number of hydrogen-bond donors (Lipinski definition) is 0. The largest absolute Gasteiger partial charge is 0.469 e. The molecule has 0 fully saturated rings. The van der Waals surface area contributed by atoms with Crippen LogP contribution in [-0.4, -0.2) is 18.0 Å². The summed E-state index contributed by atoms with van der Waals surface area (Å²) in [6, 6.07) is 6.21. The molecule has 0 saturated heterocycles. The van der Waals surface area contributed by atoms with Crippen LogP contribution in [0.3, 0.4) is 0 Å². The van der Waals surface area contributed by atoms with E-state index in [-0.39, 0.29) is 18.1 Å². The molecule has 0 unspecified atom stereocenters. The molecule has 0 aliphatic carbocycles. The molecule has 5 nitrogen and oxygen atoms in total. The van der Waals surface area contributed by atoms with Gasteiger partial charge < -0.3 is 4.74 Å². The van der Waals surface area contributed by atoms with Crippen LogP contribution in [0.1, 0.15) is 25.8 Å². The Bertz CT molecular complexity index is 423. The van der Waals surface area contributed by atoms with Gasteiger partial charge in [-0.3, -0.25) is 14.9 Å². The van der Waals surface area contributed by atoms with Gasteiger partial charge in [-0.05, 0) is 5.56 Å². The summed E-state index contributed by atoms with van der Waals surface area (Å²) in [6.45, 7) is 3.79. The molecule has 1 aromatic carbocycles. The van der Waals surface area contributed by atoms with Crippen LogP contribution in [0.25, 0.3) is 0 Å². The Morgan fingerprint density at radius 1 is 1.35 bits per heavy atom. The third kappa shape index (κ3) is 3.27. The van der Waals surface area contributed by atoms with Gasteiger partial charge in [0.2, 0.25) is 0 Å². The van der Waals surface area contributed by atoms with Crippen molar-refractivity contribution in [3.63, 3.8) is 0 Å². The fourth-order valence-electron chi connectivity index (χ4n) is 1.57. The second-order valence-corrected chi connectivity index (χ2v) is 4.44. The van der Waals surface area contributed by atoms with Gasteiger partial charge >= 0.3 is 5.97 Å². The number of methoxy groups -OCH3 is 1. The normalized spacial score (nSPS) is 11.0. The van der Waals surface area contributed by atoms with Gasteiger partial charge in [0.25, 0.3) is 5.69 Å². The molecule has 1 rings (SSSR count). The van der Waals surface area contributed by atoms with Crippen molar-refractivity contribution in [1.82, 2.24) is 0 Å². The predicted octanol–water partition coefficient (Wildman–Crippen LogP) is 2.44. The van der Waals surface area contributed by atoms with Crippen molar-refractivity contribution in [2.75, 3.05) is 7.11 Å². The number of nitro benzene ring substituents is 1. The molecule has 17 heavy (non-hydrogen) atoms. The van der Waals surface area contributed by atoms with Crippen LogP contribution in [0.5, 0.6) is 0 Å². The minimum absolute atomic E-state index is 0.0441. The zero-order valence-electron chi connectivity index (χ0n) is 10.1. The molecule has 0 amide bonds. The monoisotopic (exact) mass is 237 g/mol. The van der Waals surface area contributed by atoms with Crippen LogP contribution >= 0.6 is 0 Å². The highest BCUT2D eigenvalue weighted by molar-refractivity contribution is 5.71. The Morgan fingerprint density at radius 2 is 1.88 bits per heavy atom. The van der Waals surface area contributed by atoms with Crippen molar-refractivity contribution in [3.05, 3.63) is 39.9 Å². The molecular formula is C12H15NO4. The zero-order chi connectivity index (χ0) is 13.1. The van der Waals surface area contributed by atoms with E-state index < -0.39 is 10.3 Å². The van der Waals surface area contributed by atoms with Crippen LogP contribution in [0.4, 0.5) is 5.69 Å². The maximum absolute atomic E-state index is 11.2. The maximum atomic E-state index is 11.2. The molecule has 92 valence electrons. The Hall–Kier alpha value is -1.91. The lowest BCUT2D eigenvalue weighted by Gasteiger charge is -2.23. The van der Waals surface area contributed by atoms with E-state index in [2.05, 4.69) is 4.74 Å². The van der Waals surface area contributed by atoms with E-state index in [0.717, 1.165) is 5.56 Å². The van der Waals surface area contributed by atoms with Crippen molar-refractivity contribution in [2.24, 2.45) is 0 Å². The molecule has 0 radical (unpaired) electrons. The Morgan fingerprint density at radius 3 is 2.29 bits per heavy atom. The molecule has 0 bridgehead atoms. The van der Waals surface area contributed by atoms with Gasteiger partial charge in [0.1, 0.15) is 0 Å². The number of carbonyl (C=O) groups is 1. The number of nitro groups is 1. The summed E-state index contributed by atoms with van der Waals surface area (Å²) in [7, 11) is 1.34. The predicted molar refractivity (Wildman–Crippen MR) is 62.8 cm³/mol. The Kier molecular flexibility index (Phi) is 3.83. The van der Waals surface area contributed by atoms with Gasteiger partial charge in [-0.2, -0.15) is 0 Å². The van der Waals surface area contributed by atoms with E-state index in [1.54, 1.807) is 12.1 Å². The number of rotatable bonds is 4. The number of non-ortho nitro benzene ring substituents is 1. The summed E-state index contributed by atoms with van der Waals surface area (Å²) >= 11 is 0. The van der Waals surface area contributed by atoms with Gasteiger partial charge in [0.15, 0.2) is 0 Å². The van der Waals surface area contributed by atoms with E-state index in [4.69, 9.17) is 0 Å². The summed E-state index contributed by atoms with van der Waals surface area (Å²) in [6.07, 6.45) is 0.237. The molecule has 0 atom stereocenters. The maximum Gasteiger partial charge on any atom is 0.306 e. The first-order valence-electron chi connectivity index (χ1n) is 5.18. The van der Waals surface area contributed by atoms with E-state index >= 15 is 0 Å². The average Bonchev–Trinajstić information content (AvgIpc) is 2.28. The first kappa shape index (κ1) is 13.2. The molecule has 0 aromatic heterocycles. The van der Waals surface area contributed by atoms with Crippen LogP contribution in [0, 0.1) is 10.1 Å². The zero-order valence-corrected chi connectivity index (χ0v) is 10.1. The first-order chi connectivity index (χ1) is 7.86. The van der Waals surface area contributed by atoms with E-state index in [1.165, 1.54) is 19.2 Å². The third-order valence-electron chi connectivity index (χ3n) is 2.67. The fourth-order valence-corrected chi connectivity index (χ4v) is 1.57. The number of benzene rings is 1. The minimum atomic E-state index is -0.447. The minimum Gasteiger partial charge on any atom is -0.469 e. The number of nitrogens with zero attached hydrogens (tertiary/aromatic N) is 1. The van der Waals surface area contributed by atoms with E-state index in [1.807, 2.05) is 13.8 Å². The lowest BCUT2D eigenvalue weighted by molar-refractivity contribution is -0.384. The summed E-state index contributed by atoms with van der Waals surface area (Å²) < 4.78 is 4.62. The highest BCUT2D eigenvalue weighted by Gasteiger charge is 2.25. The second-order valence-electron chi connectivity index (χ2n) is 4.44. The summed E-state index contributed by atoms with van der Waals surface area (Å²) in [4.78, 5) is 21.3. The van der Waals surface area contributed by atoms with Gasteiger partial charge in [-0.25, -0.2) is 0 Å². The summed E-state index contributed by atoms with van der Waals surface area (Å²) in [5.41, 5.74) is 0.512. The van der Waals surface area contributed by atoms with Gasteiger partial charge in [-0.15, -0.1) is 0 Å². The van der Waals surface area contributed by atoms with Gasteiger partial charge in [0.05, 0.1) is 18.5 Å². The molecule has 1 aromatic rings. The van der Waals surface area contributed by atoms with Crippen LogP contribution in [0.2, 0.25) is 0 Å². The highest BCUT2D eigenvalue weighted by atomic mass is 16.6. The molecule has 0 aliphatic heterocycles. The number of carbonyl (C=O) groups excluding carboxylic acids is 1. The first-order valence-corrected chi connectivity index (χ1v) is 5.18. The second kappa shape index (κ2) is 4.95. The van der Waals surface area contributed by atoms with Crippen molar-refractivity contribution >= 4 is 11.7 Å². The van der Waals surface area contributed by atoms with Gasteiger partial charge in [0, 0.05) is 17.5 Å². The smallest absolute Gasteiger partial charge is 0.306 e. The number of ether oxygens (including phenoxy) is 1. The van der Waals surface area contributed by atoms with Crippen LogP contribution in [0.15, 0.2) is 24.3 Å². The lowest BCUT2D eigenvalue weighted by Crippen LogP contribution is -2.22. The van der Waals surface area contributed by atoms with Crippen LogP contribution in [-0.2, 0) is 14.9 Å². The standard InChI is InChI=1S/C12H15NO4/c1-12(2,8-11(14)17-3)9-4-6-10(7-5-9)13(15)16/h4-7H,8H2,1-3H3. The lowest BCUT2D eigenvalue weighted by atomic mass is 9.81. The van der Waals surface area contributed by atoms with E-state index in [9.17, 15) is 14.9 Å². The molecule has 0 N–H and O–H groups in total. The quantitative estimate of drug-likeness (QED) is 0.458. The van der Waals surface area contributed by atoms with Crippen molar-refractivity contribution < 1.29 is 14.5 Å². The van der Waals surface area contributed by atoms with Crippen molar-refractivity contribution in [2.45, 2.75) is 25.7 Å². The SMILES string of the molecule is COC(=O)CC(C)(C)c1ccc([N+](=O)[O-])cc1. The molecule has 0 aliphatic rings. The average molecular weight is 237 g/mol. The molecule has 0 spiro atoms. The Balaban J connectivity index is 2.91. The summed E-state index contributed by atoms with van der Waals surface area (Å²) in [5.74, 6) is -0.298. The molecule has 0 heterocycles. The van der Waals surface area contributed by atoms with Gasteiger partial charge in [-0.1, -0.05) is 26.0 Å². The van der Waals surface area contributed by atoms with Crippen molar-refractivity contribution in [3.8, 4) is 0 Å². The number of esters is 1. The Labute approximate surface area is 99.5 Å². The van der Waals surface area contributed by atoms with Crippen molar-refractivity contribution in [1.29, 1.82) is 0 Å². The topological polar surface area (TPSA) is 69.4 Å². The molecule has 0 saturated carbocycles. The molecule has 5 heteroatoms. The molecular weight excluding hydrogens is 222 g/mol. The van der Waals surface area contributed by atoms with E-state index in [0.29, 0.717) is 0 Å². The van der Waals surface area contributed by atoms with Crippen LogP contribution < -0.4 is 0 Å². The third-order valence-corrected chi connectivity index (χ3v) is 2.67.